The van der Waals surface area contributed by atoms with Gasteiger partial charge >= 0.3 is 6.18 Å². The molecule has 2 heterocycles. The van der Waals surface area contributed by atoms with Crippen LogP contribution in [0.15, 0.2) is 12.3 Å². The van der Waals surface area contributed by atoms with Crippen LogP contribution in [0.5, 0.6) is 0 Å². The van der Waals surface area contributed by atoms with E-state index in [2.05, 4.69) is 10.4 Å². The number of alkyl halides is 3. The van der Waals surface area contributed by atoms with Crippen molar-refractivity contribution < 1.29 is 13.2 Å². The largest absolute Gasteiger partial charge is 0.435 e. The van der Waals surface area contributed by atoms with Crippen molar-refractivity contribution in [3.8, 4) is 0 Å². The molecule has 17 heavy (non-hydrogen) atoms. The molecule has 96 valence electrons. The Morgan fingerprint density at radius 1 is 1.47 bits per heavy atom. The maximum absolute atomic E-state index is 12.3. The molecule has 1 fully saturated rings. The van der Waals surface area contributed by atoms with Crippen molar-refractivity contribution in [2.45, 2.75) is 32.0 Å². The molecular formula is C11H16F3N3. The monoisotopic (exact) mass is 247 g/mol. The van der Waals surface area contributed by atoms with Crippen LogP contribution in [0.25, 0.3) is 0 Å². The highest BCUT2D eigenvalue weighted by Gasteiger charge is 2.33. The van der Waals surface area contributed by atoms with Gasteiger partial charge in [-0.1, -0.05) is 0 Å². The number of hydrogen-bond donors (Lipinski definition) is 1. The highest BCUT2D eigenvalue weighted by atomic mass is 19.4. The summed E-state index contributed by atoms with van der Waals surface area (Å²) in [6, 6.07) is 1.03. The Kier molecular flexibility index (Phi) is 3.71. The molecule has 1 aromatic rings. The first-order valence-corrected chi connectivity index (χ1v) is 5.87. The summed E-state index contributed by atoms with van der Waals surface area (Å²) < 4.78 is 38.3. The van der Waals surface area contributed by atoms with E-state index in [0.717, 1.165) is 38.4 Å². The van der Waals surface area contributed by atoms with E-state index >= 15 is 0 Å². The zero-order valence-corrected chi connectivity index (χ0v) is 9.50. The average molecular weight is 247 g/mol. The predicted octanol–water partition coefficient (Wildman–Crippen LogP) is 2.29. The Hall–Kier alpha value is -1.04. The minimum atomic E-state index is -4.34. The van der Waals surface area contributed by atoms with Crippen LogP contribution in [-0.4, -0.2) is 22.9 Å². The van der Waals surface area contributed by atoms with Crippen LogP contribution < -0.4 is 5.32 Å². The molecule has 1 unspecified atom stereocenters. The van der Waals surface area contributed by atoms with Gasteiger partial charge in [0, 0.05) is 12.7 Å². The van der Waals surface area contributed by atoms with E-state index in [4.69, 9.17) is 0 Å². The van der Waals surface area contributed by atoms with Gasteiger partial charge in [-0.15, -0.1) is 0 Å². The van der Waals surface area contributed by atoms with E-state index in [9.17, 15) is 13.2 Å². The number of rotatable bonds is 3. The number of halogens is 3. The van der Waals surface area contributed by atoms with Crippen LogP contribution in [0.2, 0.25) is 0 Å². The first kappa shape index (κ1) is 12.4. The van der Waals surface area contributed by atoms with Gasteiger partial charge in [0.1, 0.15) is 0 Å². The van der Waals surface area contributed by atoms with E-state index < -0.39 is 11.9 Å². The predicted molar refractivity (Wildman–Crippen MR) is 57.4 cm³/mol. The van der Waals surface area contributed by atoms with Crippen molar-refractivity contribution in [1.29, 1.82) is 0 Å². The van der Waals surface area contributed by atoms with Crippen LogP contribution in [0, 0.1) is 5.92 Å². The molecule has 1 aromatic heterocycles. The summed E-state index contributed by atoms with van der Waals surface area (Å²) in [5, 5.41) is 6.83. The third-order valence-electron chi connectivity index (χ3n) is 3.10. The lowest BCUT2D eigenvalue weighted by Gasteiger charge is -2.22. The number of nitrogens with one attached hydrogen (secondary N) is 1. The van der Waals surface area contributed by atoms with E-state index in [1.165, 1.54) is 10.9 Å². The summed E-state index contributed by atoms with van der Waals surface area (Å²) in [7, 11) is 0. The molecule has 0 aromatic carbocycles. The first-order valence-electron chi connectivity index (χ1n) is 5.87. The van der Waals surface area contributed by atoms with Gasteiger partial charge in [0.25, 0.3) is 0 Å². The second kappa shape index (κ2) is 5.08. The van der Waals surface area contributed by atoms with E-state index in [-0.39, 0.29) is 0 Å². The third-order valence-corrected chi connectivity index (χ3v) is 3.10. The SMILES string of the molecule is FC(F)(F)c1ccn(CCC2CCCNC2)n1. The zero-order valence-electron chi connectivity index (χ0n) is 9.50. The highest BCUT2D eigenvalue weighted by Crippen LogP contribution is 2.27. The Morgan fingerprint density at radius 3 is 2.88 bits per heavy atom. The van der Waals surface area contributed by atoms with Crippen molar-refractivity contribution in [1.82, 2.24) is 15.1 Å². The summed E-state index contributed by atoms with van der Waals surface area (Å²) in [5.74, 6) is 0.558. The van der Waals surface area contributed by atoms with Gasteiger partial charge in [0.15, 0.2) is 5.69 Å². The maximum Gasteiger partial charge on any atom is 0.435 e. The summed E-state index contributed by atoms with van der Waals surface area (Å²) in [6.07, 6.45) is 0.251. The number of nitrogens with zero attached hydrogens (tertiary/aromatic N) is 2. The highest BCUT2D eigenvalue weighted by molar-refractivity contribution is 5.03. The fourth-order valence-electron chi connectivity index (χ4n) is 2.12. The smallest absolute Gasteiger partial charge is 0.316 e. The number of hydrogen-bond acceptors (Lipinski definition) is 2. The molecule has 1 N–H and O–H groups in total. The molecule has 0 spiro atoms. The lowest BCUT2D eigenvalue weighted by molar-refractivity contribution is -0.141. The van der Waals surface area contributed by atoms with Gasteiger partial charge < -0.3 is 5.32 Å². The van der Waals surface area contributed by atoms with Crippen molar-refractivity contribution in [2.24, 2.45) is 5.92 Å². The normalized spacial score (nSPS) is 21.7. The van der Waals surface area contributed by atoms with Crippen molar-refractivity contribution in [2.75, 3.05) is 13.1 Å². The molecule has 2 rings (SSSR count). The summed E-state index contributed by atoms with van der Waals surface area (Å²) >= 11 is 0. The van der Waals surface area contributed by atoms with Gasteiger partial charge in [-0.25, -0.2) is 0 Å². The molecule has 0 radical (unpaired) electrons. The third kappa shape index (κ3) is 3.46. The Bertz CT molecular complexity index is 353. The number of aryl methyl sites for hydroxylation is 1. The minimum Gasteiger partial charge on any atom is -0.316 e. The van der Waals surface area contributed by atoms with Crippen molar-refractivity contribution >= 4 is 0 Å². The molecule has 1 saturated heterocycles. The van der Waals surface area contributed by atoms with Crippen LogP contribution >= 0.6 is 0 Å². The minimum absolute atomic E-state index is 0.558. The molecule has 0 bridgehead atoms. The Labute approximate surface area is 98.0 Å². The van der Waals surface area contributed by atoms with Gasteiger partial charge in [0.2, 0.25) is 0 Å². The van der Waals surface area contributed by atoms with Gasteiger partial charge in [-0.2, -0.15) is 18.3 Å². The fraction of sp³-hybridized carbons (Fsp3) is 0.727. The van der Waals surface area contributed by atoms with Crippen LogP contribution in [0.4, 0.5) is 13.2 Å². The lowest BCUT2D eigenvalue weighted by atomic mass is 9.96. The van der Waals surface area contributed by atoms with Crippen LogP contribution in [0.1, 0.15) is 25.0 Å². The molecule has 6 heteroatoms. The molecule has 0 saturated carbocycles. The molecule has 0 aliphatic carbocycles. The summed E-state index contributed by atoms with van der Waals surface area (Å²) in [5.41, 5.74) is -0.806. The quantitative estimate of drug-likeness (QED) is 0.888. The van der Waals surface area contributed by atoms with Crippen LogP contribution in [-0.2, 0) is 12.7 Å². The second-order valence-electron chi connectivity index (χ2n) is 4.46. The van der Waals surface area contributed by atoms with E-state index in [0.29, 0.717) is 12.5 Å². The molecule has 1 aliphatic heterocycles. The maximum atomic E-state index is 12.3. The fourth-order valence-corrected chi connectivity index (χ4v) is 2.12. The molecule has 3 nitrogen and oxygen atoms in total. The Morgan fingerprint density at radius 2 is 2.29 bits per heavy atom. The molecule has 1 aliphatic rings. The summed E-state index contributed by atoms with van der Waals surface area (Å²) in [6.45, 7) is 2.58. The second-order valence-corrected chi connectivity index (χ2v) is 4.46. The van der Waals surface area contributed by atoms with Gasteiger partial charge in [-0.05, 0) is 44.3 Å². The van der Waals surface area contributed by atoms with Crippen LogP contribution in [0.3, 0.4) is 0 Å². The van der Waals surface area contributed by atoms with Crippen molar-refractivity contribution in [3.63, 3.8) is 0 Å². The Balaban J connectivity index is 1.84. The van der Waals surface area contributed by atoms with E-state index in [1.807, 2.05) is 0 Å². The first-order chi connectivity index (χ1) is 8.05. The molecule has 1 atom stereocenters. The molecular weight excluding hydrogens is 231 g/mol. The number of aromatic nitrogens is 2. The lowest BCUT2D eigenvalue weighted by Crippen LogP contribution is -2.30. The average Bonchev–Trinajstić information content (AvgIpc) is 2.76. The van der Waals surface area contributed by atoms with Gasteiger partial charge in [-0.3, -0.25) is 4.68 Å². The zero-order chi connectivity index (χ0) is 12.3. The summed E-state index contributed by atoms with van der Waals surface area (Å²) in [4.78, 5) is 0. The van der Waals surface area contributed by atoms with Crippen molar-refractivity contribution in [3.05, 3.63) is 18.0 Å². The topological polar surface area (TPSA) is 29.9 Å². The number of piperidine rings is 1. The molecule has 0 amide bonds. The standard InChI is InChI=1S/C11H16F3N3/c12-11(13,14)10-4-7-17(16-10)6-3-9-2-1-5-15-8-9/h4,7,9,15H,1-3,5-6,8H2. The van der Waals surface area contributed by atoms with Gasteiger partial charge in [0.05, 0.1) is 0 Å². The van der Waals surface area contributed by atoms with E-state index in [1.54, 1.807) is 0 Å².